The van der Waals surface area contributed by atoms with E-state index in [9.17, 15) is 9.90 Å². The van der Waals surface area contributed by atoms with E-state index >= 15 is 0 Å². The molecular weight excluding hydrogens is 172 g/mol. The highest BCUT2D eigenvalue weighted by Gasteiger charge is 2.15. The summed E-state index contributed by atoms with van der Waals surface area (Å²) in [6.45, 7) is 1.67. The summed E-state index contributed by atoms with van der Waals surface area (Å²) in [6, 6.07) is 2.93. The van der Waals surface area contributed by atoms with Crippen molar-refractivity contribution in [3.8, 4) is 11.5 Å². The van der Waals surface area contributed by atoms with Gasteiger partial charge in [0.25, 0.3) is 0 Å². The Morgan fingerprint density at radius 1 is 1.46 bits per heavy atom. The van der Waals surface area contributed by atoms with Gasteiger partial charge >= 0.3 is 5.97 Å². The third-order valence-corrected chi connectivity index (χ3v) is 1.77. The molecule has 0 fully saturated rings. The van der Waals surface area contributed by atoms with E-state index in [1.165, 1.54) is 19.2 Å². The first kappa shape index (κ1) is 9.38. The van der Waals surface area contributed by atoms with E-state index < -0.39 is 5.97 Å². The van der Waals surface area contributed by atoms with Crippen molar-refractivity contribution >= 4 is 5.97 Å². The van der Waals surface area contributed by atoms with Gasteiger partial charge in [-0.2, -0.15) is 0 Å². The molecule has 13 heavy (non-hydrogen) atoms. The normalized spacial score (nSPS) is 9.69. The Morgan fingerprint density at radius 3 is 2.54 bits per heavy atom. The molecule has 1 aromatic rings. The van der Waals surface area contributed by atoms with Gasteiger partial charge in [-0.3, -0.25) is 0 Å². The lowest BCUT2D eigenvalue weighted by molar-refractivity contribution is 0.0692. The van der Waals surface area contributed by atoms with Gasteiger partial charge in [0, 0.05) is 0 Å². The molecule has 0 saturated carbocycles. The zero-order valence-corrected chi connectivity index (χ0v) is 7.37. The lowest BCUT2D eigenvalue weighted by Crippen LogP contribution is -2.01. The first-order chi connectivity index (χ1) is 6.07. The van der Waals surface area contributed by atoms with Gasteiger partial charge in [-0.1, -0.05) is 6.07 Å². The average molecular weight is 182 g/mol. The fourth-order valence-corrected chi connectivity index (χ4v) is 1.04. The molecule has 0 atom stereocenters. The second kappa shape index (κ2) is 3.35. The highest BCUT2D eigenvalue weighted by atomic mass is 16.5. The lowest BCUT2D eigenvalue weighted by Gasteiger charge is -2.08. The number of ether oxygens (including phenoxy) is 1. The van der Waals surface area contributed by atoms with Gasteiger partial charge in [-0.05, 0) is 18.6 Å². The summed E-state index contributed by atoms with van der Waals surface area (Å²) in [4.78, 5) is 10.7. The van der Waals surface area contributed by atoms with Gasteiger partial charge in [0.05, 0.1) is 7.11 Å². The van der Waals surface area contributed by atoms with E-state index in [2.05, 4.69) is 0 Å². The minimum absolute atomic E-state index is 0.00694. The quantitative estimate of drug-likeness (QED) is 0.725. The number of rotatable bonds is 2. The van der Waals surface area contributed by atoms with Crippen LogP contribution in [0.4, 0.5) is 0 Å². The molecule has 0 unspecified atom stereocenters. The van der Waals surface area contributed by atoms with Crippen LogP contribution in [-0.4, -0.2) is 23.3 Å². The van der Waals surface area contributed by atoms with E-state index in [0.717, 1.165) is 0 Å². The molecular formula is C9H10O4. The van der Waals surface area contributed by atoms with Crippen molar-refractivity contribution in [1.82, 2.24) is 0 Å². The van der Waals surface area contributed by atoms with Crippen molar-refractivity contribution in [3.63, 3.8) is 0 Å². The molecule has 0 aliphatic heterocycles. The molecule has 0 aliphatic rings. The molecule has 0 saturated heterocycles. The summed E-state index contributed by atoms with van der Waals surface area (Å²) >= 11 is 0. The Kier molecular flexibility index (Phi) is 2.41. The number of phenolic OH excluding ortho intramolecular Hbond substituents is 1. The third kappa shape index (κ3) is 1.56. The van der Waals surface area contributed by atoms with Crippen molar-refractivity contribution in [3.05, 3.63) is 23.3 Å². The van der Waals surface area contributed by atoms with Crippen LogP contribution in [0.15, 0.2) is 12.1 Å². The number of phenols is 1. The number of aromatic carboxylic acids is 1. The number of carboxylic acid groups (broad SMARTS) is 1. The van der Waals surface area contributed by atoms with Gasteiger partial charge in [0.15, 0.2) is 11.5 Å². The lowest BCUT2D eigenvalue weighted by atomic mass is 10.1. The average Bonchev–Trinajstić information content (AvgIpc) is 2.09. The molecule has 0 amide bonds. The second-order valence-electron chi connectivity index (χ2n) is 2.62. The minimum Gasteiger partial charge on any atom is -0.504 e. The van der Waals surface area contributed by atoms with Crippen LogP contribution < -0.4 is 4.74 Å². The monoisotopic (exact) mass is 182 g/mol. The van der Waals surface area contributed by atoms with Crippen LogP contribution in [0.25, 0.3) is 0 Å². The maximum Gasteiger partial charge on any atom is 0.339 e. The van der Waals surface area contributed by atoms with Crippen LogP contribution in [0, 0.1) is 6.92 Å². The largest absolute Gasteiger partial charge is 0.504 e. The Hall–Kier alpha value is -1.71. The molecule has 4 nitrogen and oxygen atoms in total. The van der Waals surface area contributed by atoms with Gasteiger partial charge in [-0.15, -0.1) is 0 Å². The minimum atomic E-state index is -1.12. The van der Waals surface area contributed by atoms with Crippen LogP contribution in [0.2, 0.25) is 0 Å². The molecule has 0 aliphatic carbocycles. The van der Waals surface area contributed by atoms with Crippen molar-refractivity contribution in [2.45, 2.75) is 6.92 Å². The summed E-state index contributed by atoms with van der Waals surface area (Å²) in [5.41, 5.74) is 0.549. The zero-order valence-electron chi connectivity index (χ0n) is 7.37. The van der Waals surface area contributed by atoms with Crippen molar-refractivity contribution < 1.29 is 19.7 Å². The van der Waals surface area contributed by atoms with Gasteiger partial charge in [0.1, 0.15) is 5.56 Å². The van der Waals surface area contributed by atoms with Crippen molar-refractivity contribution in [1.29, 1.82) is 0 Å². The molecule has 1 aromatic carbocycles. The zero-order chi connectivity index (χ0) is 10.0. The summed E-state index contributed by atoms with van der Waals surface area (Å²) < 4.78 is 4.79. The summed E-state index contributed by atoms with van der Waals surface area (Å²) in [5, 5.41) is 18.2. The number of carbonyl (C=O) groups is 1. The fourth-order valence-electron chi connectivity index (χ4n) is 1.04. The maximum absolute atomic E-state index is 10.7. The molecule has 1 rings (SSSR count). The molecule has 2 N–H and O–H groups in total. The molecule has 0 aromatic heterocycles. The van der Waals surface area contributed by atoms with Crippen LogP contribution in [0.5, 0.6) is 11.5 Å². The van der Waals surface area contributed by atoms with Gasteiger partial charge in [0.2, 0.25) is 0 Å². The topological polar surface area (TPSA) is 66.8 Å². The predicted octanol–water partition coefficient (Wildman–Crippen LogP) is 1.41. The molecule has 70 valence electrons. The number of aromatic hydroxyl groups is 1. The fraction of sp³-hybridized carbons (Fsp3) is 0.222. The molecule has 0 bridgehead atoms. The Labute approximate surface area is 75.4 Å². The first-order valence-electron chi connectivity index (χ1n) is 3.67. The molecule has 0 spiro atoms. The first-order valence-corrected chi connectivity index (χ1v) is 3.67. The van der Waals surface area contributed by atoms with Gasteiger partial charge in [-0.25, -0.2) is 4.79 Å². The van der Waals surface area contributed by atoms with E-state index in [0.29, 0.717) is 5.56 Å². The van der Waals surface area contributed by atoms with E-state index in [1.807, 2.05) is 0 Å². The van der Waals surface area contributed by atoms with Crippen LogP contribution in [0.1, 0.15) is 15.9 Å². The van der Waals surface area contributed by atoms with Crippen molar-refractivity contribution in [2.75, 3.05) is 7.11 Å². The predicted molar refractivity (Wildman–Crippen MR) is 46.4 cm³/mol. The van der Waals surface area contributed by atoms with Crippen molar-refractivity contribution in [2.24, 2.45) is 0 Å². The number of benzene rings is 1. The highest BCUT2D eigenvalue weighted by molar-refractivity contribution is 5.92. The highest BCUT2D eigenvalue weighted by Crippen LogP contribution is 2.32. The van der Waals surface area contributed by atoms with Gasteiger partial charge < -0.3 is 14.9 Å². The summed E-state index contributed by atoms with van der Waals surface area (Å²) in [6.07, 6.45) is 0. The Morgan fingerprint density at radius 2 is 2.08 bits per heavy atom. The SMILES string of the molecule is COc1c(C(=O)O)ccc(C)c1O. The Balaban J connectivity index is 3.38. The number of hydrogen-bond donors (Lipinski definition) is 2. The smallest absolute Gasteiger partial charge is 0.339 e. The Bertz CT molecular complexity index is 344. The van der Waals surface area contributed by atoms with Crippen LogP contribution >= 0.6 is 0 Å². The number of methoxy groups -OCH3 is 1. The summed E-state index contributed by atoms with van der Waals surface area (Å²) in [7, 11) is 1.32. The second-order valence-corrected chi connectivity index (χ2v) is 2.62. The van der Waals surface area contributed by atoms with Crippen LogP contribution in [-0.2, 0) is 0 Å². The van der Waals surface area contributed by atoms with E-state index in [1.54, 1.807) is 6.92 Å². The van der Waals surface area contributed by atoms with Crippen LogP contribution in [0.3, 0.4) is 0 Å². The maximum atomic E-state index is 10.7. The standard InChI is InChI=1S/C9H10O4/c1-5-3-4-6(9(11)12)8(13-2)7(5)10/h3-4,10H,1-2H3,(H,11,12). The summed E-state index contributed by atoms with van der Waals surface area (Å²) in [5.74, 6) is -1.23. The molecule has 0 heterocycles. The number of carboxylic acids is 1. The van der Waals surface area contributed by atoms with E-state index in [4.69, 9.17) is 9.84 Å². The number of hydrogen-bond acceptors (Lipinski definition) is 3. The number of aryl methyl sites for hydroxylation is 1. The third-order valence-electron chi connectivity index (χ3n) is 1.77. The molecule has 4 heteroatoms. The molecule has 0 radical (unpaired) electrons. The van der Waals surface area contributed by atoms with E-state index in [-0.39, 0.29) is 17.1 Å².